The molecular weight excluding hydrogens is 364 g/mol. The van der Waals surface area contributed by atoms with Crippen LogP contribution in [0.3, 0.4) is 0 Å². The largest absolute Gasteiger partial charge is 0.508 e. The Bertz CT molecular complexity index is 762. The molecule has 4 bridgehead atoms. The van der Waals surface area contributed by atoms with Gasteiger partial charge in [0.2, 0.25) is 5.91 Å². The molecule has 5 fully saturated rings. The molecule has 5 aliphatic rings. The van der Waals surface area contributed by atoms with Gasteiger partial charge < -0.3 is 15.3 Å². The molecule has 2 N–H and O–H groups in total. The van der Waals surface area contributed by atoms with Crippen LogP contribution >= 0.6 is 0 Å². The number of hydrogen-bond donors (Lipinski definition) is 2. The van der Waals surface area contributed by atoms with E-state index in [4.69, 9.17) is 0 Å². The Kier molecular flexibility index (Phi) is 4.79. The van der Waals surface area contributed by atoms with Crippen LogP contribution in [0.2, 0.25) is 0 Å². The minimum atomic E-state index is -0.0424. The van der Waals surface area contributed by atoms with Gasteiger partial charge in [0.25, 0.3) is 5.91 Å². The normalized spacial score (nSPS) is 33.7. The summed E-state index contributed by atoms with van der Waals surface area (Å²) in [6.07, 6.45) is 10.3. The Hall–Kier alpha value is -2.04. The van der Waals surface area contributed by atoms with Gasteiger partial charge in [-0.25, -0.2) is 0 Å². The maximum atomic E-state index is 12.9. The average Bonchev–Trinajstić information content (AvgIpc) is 2.66. The third kappa shape index (κ3) is 3.88. The van der Waals surface area contributed by atoms with Crippen molar-refractivity contribution in [3.05, 3.63) is 29.8 Å². The van der Waals surface area contributed by atoms with E-state index in [1.54, 1.807) is 18.2 Å². The van der Waals surface area contributed by atoms with Gasteiger partial charge in [-0.15, -0.1) is 0 Å². The molecule has 4 aliphatic carbocycles. The molecule has 6 rings (SSSR count). The zero-order chi connectivity index (χ0) is 20.0. The highest BCUT2D eigenvalue weighted by Gasteiger charge is 2.51. The first kappa shape index (κ1) is 19.0. The van der Waals surface area contributed by atoms with E-state index in [9.17, 15) is 14.7 Å². The number of rotatable bonds is 4. The van der Waals surface area contributed by atoms with Gasteiger partial charge in [-0.1, -0.05) is 6.07 Å². The van der Waals surface area contributed by atoms with Gasteiger partial charge in [0.1, 0.15) is 5.75 Å². The van der Waals surface area contributed by atoms with Crippen molar-refractivity contribution in [2.45, 2.75) is 63.8 Å². The van der Waals surface area contributed by atoms with Gasteiger partial charge in [-0.2, -0.15) is 0 Å². The topological polar surface area (TPSA) is 69.6 Å². The predicted molar refractivity (Wildman–Crippen MR) is 110 cm³/mol. The minimum Gasteiger partial charge on any atom is -0.508 e. The third-order valence-corrected chi connectivity index (χ3v) is 7.94. The summed E-state index contributed by atoms with van der Waals surface area (Å²) in [6.45, 7) is 1.30. The van der Waals surface area contributed by atoms with Gasteiger partial charge in [0.15, 0.2) is 0 Å². The number of benzene rings is 1. The molecule has 156 valence electrons. The van der Waals surface area contributed by atoms with Crippen molar-refractivity contribution in [3.63, 3.8) is 0 Å². The first-order chi connectivity index (χ1) is 14.0. The lowest BCUT2D eigenvalue weighted by Crippen LogP contribution is -2.50. The Balaban J connectivity index is 1.12. The molecule has 0 radical (unpaired) electrons. The maximum Gasteiger partial charge on any atom is 0.253 e. The summed E-state index contributed by atoms with van der Waals surface area (Å²) in [4.78, 5) is 27.3. The van der Waals surface area contributed by atoms with Crippen LogP contribution in [0.1, 0.15) is 68.1 Å². The van der Waals surface area contributed by atoms with E-state index >= 15 is 0 Å². The van der Waals surface area contributed by atoms with E-state index in [0.717, 1.165) is 30.6 Å². The Morgan fingerprint density at radius 2 is 1.66 bits per heavy atom. The van der Waals surface area contributed by atoms with Crippen LogP contribution < -0.4 is 5.32 Å². The molecule has 5 heteroatoms. The van der Waals surface area contributed by atoms with Crippen molar-refractivity contribution in [2.75, 3.05) is 13.1 Å². The van der Waals surface area contributed by atoms with Gasteiger partial charge in [0, 0.05) is 31.1 Å². The monoisotopic (exact) mass is 396 g/mol. The number of amides is 2. The SMILES string of the molecule is O=C(CC12CC3CC(CC(C3)C1)C2)NC1CCN(C(=O)c2cccc(O)c2)CC1. The predicted octanol–water partition coefficient (Wildman–Crippen LogP) is 3.72. The second-order valence-corrected chi connectivity index (χ2v) is 10.3. The zero-order valence-corrected chi connectivity index (χ0v) is 17.1. The number of likely N-dealkylation sites (tertiary alicyclic amines) is 1. The molecular formula is C24H32N2O3. The quantitative estimate of drug-likeness (QED) is 0.815. The molecule has 2 amide bonds. The summed E-state index contributed by atoms with van der Waals surface area (Å²) in [7, 11) is 0. The highest BCUT2D eigenvalue weighted by atomic mass is 16.3. The molecule has 1 heterocycles. The number of carbonyl (C=O) groups excluding carboxylic acids is 2. The molecule has 0 aromatic heterocycles. The van der Waals surface area contributed by atoms with Gasteiger partial charge in [0.05, 0.1) is 0 Å². The van der Waals surface area contributed by atoms with Crippen LogP contribution in [0.4, 0.5) is 0 Å². The van der Waals surface area contributed by atoms with Gasteiger partial charge in [-0.3, -0.25) is 9.59 Å². The first-order valence-corrected chi connectivity index (χ1v) is 11.4. The van der Waals surface area contributed by atoms with Crippen LogP contribution in [0.25, 0.3) is 0 Å². The molecule has 0 atom stereocenters. The Morgan fingerprint density at radius 1 is 1.03 bits per heavy atom. The van der Waals surface area contributed by atoms with Gasteiger partial charge in [-0.05, 0) is 92.7 Å². The lowest BCUT2D eigenvalue weighted by atomic mass is 9.49. The number of piperidine rings is 1. The molecule has 1 saturated heterocycles. The standard InChI is InChI=1S/C24H32N2O3/c27-21-3-1-2-19(11-21)23(29)26-6-4-20(5-7-26)25-22(28)15-24-12-16-8-17(13-24)10-18(9-16)14-24/h1-3,11,16-18,20,27H,4-10,12-15H2,(H,25,28). The van der Waals surface area contributed by atoms with Crippen molar-refractivity contribution < 1.29 is 14.7 Å². The number of hydrogen-bond acceptors (Lipinski definition) is 3. The average molecular weight is 397 g/mol. The van der Waals surface area contributed by atoms with Crippen molar-refractivity contribution in [1.29, 1.82) is 0 Å². The lowest BCUT2D eigenvalue weighted by Gasteiger charge is -2.56. The third-order valence-electron chi connectivity index (χ3n) is 7.94. The molecule has 5 nitrogen and oxygen atoms in total. The number of phenolic OH excluding ortho intramolecular Hbond substituents is 1. The van der Waals surface area contributed by atoms with Crippen LogP contribution in [0, 0.1) is 23.2 Å². The first-order valence-electron chi connectivity index (χ1n) is 11.4. The highest BCUT2D eigenvalue weighted by Crippen LogP contribution is 2.61. The van der Waals surface area contributed by atoms with Crippen LogP contribution in [-0.2, 0) is 4.79 Å². The number of nitrogens with zero attached hydrogens (tertiary/aromatic N) is 1. The smallest absolute Gasteiger partial charge is 0.253 e. The van der Waals surface area contributed by atoms with Crippen LogP contribution in [0.5, 0.6) is 5.75 Å². The Labute approximate surface area is 172 Å². The zero-order valence-electron chi connectivity index (χ0n) is 17.1. The maximum absolute atomic E-state index is 12.9. The molecule has 29 heavy (non-hydrogen) atoms. The summed E-state index contributed by atoms with van der Waals surface area (Å²) < 4.78 is 0. The summed E-state index contributed by atoms with van der Waals surface area (Å²) in [5.41, 5.74) is 0.805. The van der Waals surface area contributed by atoms with Crippen molar-refractivity contribution >= 4 is 11.8 Å². The second-order valence-electron chi connectivity index (χ2n) is 10.3. The van der Waals surface area contributed by atoms with E-state index in [1.807, 2.05) is 4.90 Å². The summed E-state index contributed by atoms with van der Waals surface area (Å²) >= 11 is 0. The van der Waals surface area contributed by atoms with E-state index in [2.05, 4.69) is 5.32 Å². The molecule has 1 aromatic carbocycles. The Morgan fingerprint density at radius 3 is 2.24 bits per heavy atom. The van der Waals surface area contributed by atoms with Gasteiger partial charge >= 0.3 is 0 Å². The van der Waals surface area contributed by atoms with E-state index in [1.165, 1.54) is 44.6 Å². The molecule has 0 unspecified atom stereocenters. The number of nitrogens with one attached hydrogen (secondary N) is 1. The number of phenols is 1. The fourth-order valence-electron chi connectivity index (χ4n) is 7.17. The van der Waals surface area contributed by atoms with E-state index in [0.29, 0.717) is 25.1 Å². The molecule has 4 saturated carbocycles. The summed E-state index contributed by atoms with van der Waals surface area (Å²) in [5, 5.41) is 12.9. The number of carbonyl (C=O) groups is 2. The molecule has 1 aliphatic heterocycles. The van der Waals surface area contributed by atoms with Crippen LogP contribution in [0.15, 0.2) is 24.3 Å². The molecule has 1 aromatic rings. The van der Waals surface area contributed by atoms with E-state index in [-0.39, 0.29) is 29.0 Å². The van der Waals surface area contributed by atoms with Crippen molar-refractivity contribution in [2.24, 2.45) is 23.2 Å². The molecule has 0 spiro atoms. The second kappa shape index (κ2) is 7.33. The highest BCUT2D eigenvalue weighted by molar-refractivity contribution is 5.94. The fourth-order valence-corrected chi connectivity index (χ4v) is 7.17. The fraction of sp³-hybridized carbons (Fsp3) is 0.667. The summed E-state index contributed by atoms with van der Waals surface area (Å²) in [5.74, 6) is 2.92. The summed E-state index contributed by atoms with van der Waals surface area (Å²) in [6, 6.07) is 6.69. The number of aromatic hydroxyl groups is 1. The van der Waals surface area contributed by atoms with Crippen molar-refractivity contribution in [3.8, 4) is 5.75 Å². The minimum absolute atomic E-state index is 0.0424. The lowest BCUT2D eigenvalue weighted by molar-refractivity contribution is -0.130. The van der Waals surface area contributed by atoms with E-state index < -0.39 is 0 Å². The van der Waals surface area contributed by atoms with Crippen molar-refractivity contribution in [1.82, 2.24) is 10.2 Å². The van der Waals surface area contributed by atoms with Crippen LogP contribution in [-0.4, -0.2) is 41.0 Å².